The number of halogens is 1. The van der Waals surface area contributed by atoms with Gasteiger partial charge in [-0.2, -0.15) is 0 Å². The summed E-state index contributed by atoms with van der Waals surface area (Å²) in [5.74, 6) is 0.535. The van der Waals surface area contributed by atoms with Gasteiger partial charge in [0.1, 0.15) is 17.1 Å². The maximum Gasteiger partial charge on any atom is 0.258 e. The van der Waals surface area contributed by atoms with E-state index < -0.39 is 8.32 Å². The molecule has 2 aromatic carbocycles. The van der Waals surface area contributed by atoms with Crippen molar-refractivity contribution >= 4 is 35.9 Å². The number of carbonyl (C=O) groups is 1. The van der Waals surface area contributed by atoms with Crippen molar-refractivity contribution in [3.63, 3.8) is 0 Å². The first-order chi connectivity index (χ1) is 19.3. The van der Waals surface area contributed by atoms with Crippen molar-refractivity contribution < 1.29 is 18.7 Å². The number of aryl methyl sites for hydroxylation is 2. The van der Waals surface area contributed by atoms with E-state index >= 15 is 0 Å². The first kappa shape index (κ1) is 30.6. The average Bonchev–Trinajstić information content (AvgIpc) is 3.20. The van der Waals surface area contributed by atoms with Crippen LogP contribution in [0.2, 0.25) is 16.6 Å². The van der Waals surface area contributed by atoms with E-state index in [2.05, 4.69) is 47.6 Å². The number of amides is 1. The highest BCUT2D eigenvalue weighted by atomic mass is 28.4. The highest BCUT2D eigenvalue weighted by molar-refractivity contribution is 6.78. The fourth-order valence-corrected chi connectivity index (χ4v) is 11.8. The van der Waals surface area contributed by atoms with Gasteiger partial charge in [-0.05, 0) is 64.4 Å². The van der Waals surface area contributed by atoms with Crippen LogP contribution in [0.1, 0.15) is 64.7 Å². The molecule has 0 spiro atoms. The molecule has 220 valence electrons. The highest BCUT2D eigenvalue weighted by Gasteiger charge is 2.48. The second-order valence-corrected chi connectivity index (χ2v) is 17.8. The summed E-state index contributed by atoms with van der Waals surface area (Å²) in [6, 6.07) is 8.64. The standard InChI is InChI=1S/C33H44FN3O3Si/c1-20(2)41(21(3)4,22(5)6)40-32-30-28(19-37(9)33(30)39)26(14-15-29(38)36(7)8)27-17-24(18-35-31(27)32)16-23-10-12-25(34)13-11-23/h10-13,17-22,39H,14-16H2,1-9H3. The van der Waals surface area contributed by atoms with Crippen molar-refractivity contribution in [3.05, 3.63) is 65.2 Å². The molecule has 0 aliphatic heterocycles. The van der Waals surface area contributed by atoms with Gasteiger partial charge in [-0.3, -0.25) is 9.78 Å². The van der Waals surface area contributed by atoms with E-state index in [-0.39, 0.29) is 17.6 Å². The van der Waals surface area contributed by atoms with Gasteiger partial charge in [0.25, 0.3) is 8.32 Å². The van der Waals surface area contributed by atoms with Gasteiger partial charge in [-0.15, -0.1) is 0 Å². The third-order valence-electron chi connectivity index (χ3n) is 8.58. The number of hydrogen-bond donors (Lipinski definition) is 1. The van der Waals surface area contributed by atoms with E-state index in [9.17, 15) is 14.3 Å². The molecule has 0 saturated carbocycles. The fourth-order valence-electron chi connectivity index (χ4n) is 6.54. The van der Waals surface area contributed by atoms with E-state index in [1.165, 1.54) is 12.1 Å². The molecule has 0 fully saturated rings. The Labute approximate surface area is 244 Å². The first-order valence-electron chi connectivity index (χ1n) is 14.5. The summed E-state index contributed by atoms with van der Waals surface area (Å²) in [6.45, 7) is 13.5. The molecular weight excluding hydrogens is 533 g/mol. The predicted octanol–water partition coefficient (Wildman–Crippen LogP) is 7.74. The topological polar surface area (TPSA) is 67.6 Å². The zero-order valence-electron chi connectivity index (χ0n) is 25.9. The molecule has 8 heteroatoms. The fraction of sp³-hybridized carbons (Fsp3) is 0.455. The van der Waals surface area contributed by atoms with Crippen molar-refractivity contribution in [2.24, 2.45) is 7.05 Å². The van der Waals surface area contributed by atoms with Crippen LogP contribution in [-0.2, 0) is 24.7 Å². The molecule has 0 saturated heterocycles. The Bertz CT molecular complexity index is 1540. The Morgan fingerprint density at radius 2 is 1.63 bits per heavy atom. The van der Waals surface area contributed by atoms with E-state index in [4.69, 9.17) is 9.41 Å². The van der Waals surface area contributed by atoms with Gasteiger partial charge in [0.05, 0.1) is 5.39 Å². The monoisotopic (exact) mass is 577 g/mol. The molecule has 0 bridgehead atoms. The lowest BCUT2D eigenvalue weighted by atomic mass is 9.95. The van der Waals surface area contributed by atoms with Crippen molar-refractivity contribution in [1.29, 1.82) is 0 Å². The van der Waals surface area contributed by atoms with Crippen LogP contribution in [0.4, 0.5) is 4.39 Å². The summed E-state index contributed by atoms with van der Waals surface area (Å²) in [6.07, 6.45) is 5.20. The molecule has 0 atom stereocenters. The normalized spacial score (nSPS) is 12.3. The Morgan fingerprint density at radius 1 is 1.02 bits per heavy atom. The van der Waals surface area contributed by atoms with Crippen LogP contribution in [-0.4, -0.2) is 47.9 Å². The Morgan fingerprint density at radius 3 is 2.20 bits per heavy atom. The lowest BCUT2D eigenvalue weighted by Gasteiger charge is -2.42. The molecule has 0 radical (unpaired) electrons. The molecule has 0 aliphatic carbocycles. The molecule has 2 heterocycles. The highest BCUT2D eigenvalue weighted by Crippen LogP contribution is 2.49. The summed E-state index contributed by atoms with van der Waals surface area (Å²) in [4.78, 5) is 19.3. The van der Waals surface area contributed by atoms with Crippen LogP contribution in [0.15, 0.2) is 42.7 Å². The maximum atomic E-state index is 13.5. The lowest BCUT2D eigenvalue weighted by molar-refractivity contribution is -0.128. The number of hydrogen-bond acceptors (Lipinski definition) is 4. The number of aromatic nitrogens is 2. The van der Waals surface area contributed by atoms with Crippen molar-refractivity contribution in [2.75, 3.05) is 14.1 Å². The second kappa shape index (κ2) is 11.8. The minimum absolute atomic E-state index is 0.0352. The number of aromatic hydroxyl groups is 1. The molecular formula is C33H44FN3O3Si. The molecule has 4 aromatic rings. The van der Waals surface area contributed by atoms with E-state index in [1.807, 2.05) is 19.4 Å². The smallest absolute Gasteiger partial charge is 0.258 e. The van der Waals surface area contributed by atoms with Gasteiger partial charge in [0.15, 0.2) is 0 Å². The number of fused-ring (bicyclic) bond motifs is 2. The van der Waals surface area contributed by atoms with Gasteiger partial charge >= 0.3 is 0 Å². The van der Waals surface area contributed by atoms with Gasteiger partial charge in [0, 0.05) is 50.7 Å². The number of carbonyl (C=O) groups excluding carboxylic acids is 1. The predicted molar refractivity (Wildman–Crippen MR) is 168 cm³/mol. The second-order valence-electron chi connectivity index (χ2n) is 12.4. The average molecular weight is 578 g/mol. The molecule has 4 rings (SSSR count). The van der Waals surface area contributed by atoms with Crippen molar-refractivity contribution in [3.8, 4) is 11.6 Å². The van der Waals surface area contributed by atoms with E-state index in [1.54, 1.807) is 35.7 Å². The van der Waals surface area contributed by atoms with E-state index in [0.29, 0.717) is 52.5 Å². The first-order valence-corrected chi connectivity index (χ1v) is 16.7. The number of rotatable bonds is 10. The van der Waals surface area contributed by atoms with Crippen molar-refractivity contribution in [1.82, 2.24) is 14.5 Å². The van der Waals surface area contributed by atoms with E-state index in [0.717, 1.165) is 27.5 Å². The minimum atomic E-state index is -2.42. The van der Waals surface area contributed by atoms with Gasteiger partial charge in [0.2, 0.25) is 11.8 Å². The van der Waals surface area contributed by atoms with Gasteiger partial charge in [-0.1, -0.05) is 53.7 Å². The molecule has 41 heavy (non-hydrogen) atoms. The zero-order chi connectivity index (χ0) is 30.2. The van der Waals surface area contributed by atoms with Gasteiger partial charge < -0.3 is 19.0 Å². The summed E-state index contributed by atoms with van der Waals surface area (Å²) in [5, 5.41) is 13.8. The minimum Gasteiger partial charge on any atom is -0.541 e. The van der Waals surface area contributed by atoms with Crippen LogP contribution < -0.4 is 4.43 Å². The summed E-state index contributed by atoms with van der Waals surface area (Å²) in [5.41, 5.74) is 4.61. The maximum absolute atomic E-state index is 13.5. The summed E-state index contributed by atoms with van der Waals surface area (Å²) >= 11 is 0. The van der Waals surface area contributed by atoms with Crippen LogP contribution in [0.3, 0.4) is 0 Å². The third kappa shape index (κ3) is 5.71. The number of nitrogens with zero attached hydrogens (tertiary/aromatic N) is 3. The molecule has 1 N–H and O–H groups in total. The van der Waals surface area contributed by atoms with Gasteiger partial charge in [-0.25, -0.2) is 4.39 Å². The Kier molecular flexibility index (Phi) is 8.83. The number of pyridine rings is 1. The third-order valence-corrected chi connectivity index (χ3v) is 14.6. The zero-order valence-corrected chi connectivity index (χ0v) is 26.9. The quantitative estimate of drug-likeness (QED) is 0.196. The van der Waals surface area contributed by atoms with Crippen LogP contribution in [0.5, 0.6) is 11.6 Å². The molecule has 1 amide bonds. The van der Waals surface area contributed by atoms with Crippen LogP contribution >= 0.6 is 0 Å². The summed E-state index contributed by atoms with van der Waals surface area (Å²) < 4.78 is 22.6. The molecule has 2 aromatic heterocycles. The lowest BCUT2D eigenvalue weighted by Crippen LogP contribution is -2.50. The molecule has 0 aliphatic rings. The van der Waals surface area contributed by atoms with Crippen molar-refractivity contribution in [2.45, 2.75) is 77.4 Å². The SMILES string of the molecule is CC(C)[Si](Oc1c2ncc(Cc3ccc(F)cc3)cc2c(CCC(=O)N(C)C)c2cn(C)c(O)c12)(C(C)C)C(C)C. The molecule has 0 unspecified atom stereocenters. The van der Waals surface area contributed by atoms with Crippen LogP contribution in [0, 0.1) is 5.82 Å². The molecule has 6 nitrogen and oxygen atoms in total. The largest absolute Gasteiger partial charge is 0.541 e. The Balaban J connectivity index is 2.02. The van der Waals surface area contributed by atoms with Crippen LogP contribution in [0.25, 0.3) is 21.7 Å². The number of benzene rings is 2. The summed E-state index contributed by atoms with van der Waals surface area (Å²) in [7, 11) is 2.92. The Hall–Kier alpha value is -3.39.